The molecule has 1 aromatic carbocycles. The Hall–Kier alpha value is -0.710. The second-order valence-corrected chi connectivity index (χ2v) is 7.89. The number of fused-ring (bicyclic) bond motifs is 1. The first kappa shape index (κ1) is 14.2. The molecule has 4 heteroatoms. The highest BCUT2D eigenvalue weighted by Gasteiger charge is 2.31. The lowest BCUT2D eigenvalue weighted by molar-refractivity contribution is 0.564. The topological polar surface area (TPSA) is 24.9 Å². The highest BCUT2D eigenvalue weighted by molar-refractivity contribution is 8.07. The first-order chi connectivity index (χ1) is 9.81. The fourth-order valence-electron chi connectivity index (χ4n) is 2.92. The van der Waals surface area contributed by atoms with Gasteiger partial charge in [-0.25, -0.2) is 0 Å². The molecule has 1 aliphatic rings. The van der Waals surface area contributed by atoms with Crippen molar-refractivity contribution in [1.29, 1.82) is 0 Å². The van der Waals surface area contributed by atoms with E-state index in [-0.39, 0.29) is 0 Å². The summed E-state index contributed by atoms with van der Waals surface area (Å²) >= 11 is 4.20. The molecule has 3 atom stereocenters. The summed E-state index contributed by atoms with van der Waals surface area (Å²) in [5, 5.41) is 7.40. The van der Waals surface area contributed by atoms with Crippen molar-refractivity contribution in [1.82, 2.24) is 10.3 Å². The standard InChI is InChI=1S/C16H20N2S2/c1-11-16(20-9-8-19-11)15(17-2)13-5-3-4-12-6-7-18-10-14(12)13/h3-7,10-11,15-17H,8-9H2,1-2H3. The maximum Gasteiger partial charge on any atom is 0.0455 e. The largest absolute Gasteiger partial charge is 0.312 e. The lowest BCUT2D eigenvalue weighted by Crippen LogP contribution is -2.36. The Morgan fingerprint density at radius 1 is 1.25 bits per heavy atom. The van der Waals surface area contributed by atoms with Gasteiger partial charge in [0.15, 0.2) is 0 Å². The van der Waals surface area contributed by atoms with Gasteiger partial charge in [0.25, 0.3) is 0 Å². The molecule has 0 spiro atoms. The van der Waals surface area contributed by atoms with Gasteiger partial charge in [-0.05, 0) is 24.1 Å². The molecule has 0 saturated carbocycles. The van der Waals surface area contributed by atoms with Crippen LogP contribution in [0.4, 0.5) is 0 Å². The Balaban J connectivity index is 2.02. The highest BCUT2D eigenvalue weighted by Crippen LogP contribution is 2.40. The van der Waals surface area contributed by atoms with Crippen LogP contribution in [0.2, 0.25) is 0 Å². The van der Waals surface area contributed by atoms with Gasteiger partial charge in [0.05, 0.1) is 0 Å². The summed E-state index contributed by atoms with van der Waals surface area (Å²) in [7, 11) is 2.08. The van der Waals surface area contributed by atoms with Gasteiger partial charge >= 0.3 is 0 Å². The van der Waals surface area contributed by atoms with Crippen LogP contribution in [-0.4, -0.2) is 34.0 Å². The molecule has 2 aromatic rings. The van der Waals surface area contributed by atoms with Crippen LogP contribution in [0.25, 0.3) is 10.8 Å². The van der Waals surface area contributed by atoms with Gasteiger partial charge in [0.1, 0.15) is 0 Å². The Bertz CT molecular complexity index is 582. The molecule has 3 rings (SSSR count). The van der Waals surface area contributed by atoms with Gasteiger partial charge in [0, 0.05) is 45.8 Å². The zero-order chi connectivity index (χ0) is 13.9. The summed E-state index contributed by atoms with van der Waals surface area (Å²) in [6, 6.07) is 9.05. The van der Waals surface area contributed by atoms with Crippen molar-refractivity contribution in [3.63, 3.8) is 0 Å². The molecule has 1 aromatic heterocycles. The van der Waals surface area contributed by atoms with Gasteiger partial charge in [-0.3, -0.25) is 4.98 Å². The predicted molar refractivity (Wildman–Crippen MR) is 91.7 cm³/mol. The number of aromatic nitrogens is 1. The van der Waals surface area contributed by atoms with E-state index in [0.29, 0.717) is 16.5 Å². The van der Waals surface area contributed by atoms with Crippen molar-refractivity contribution >= 4 is 34.3 Å². The van der Waals surface area contributed by atoms with Gasteiger partial charge < -0.3 is 5.32 Å². The molecule has 0 aliphatic carbocycles. The molecule has 1 aliphatic heterocycles. The quantitative estimate of drug-likeness (QED) is 0.934. The van der Waals surface area contributed by atoms with E-state index in [0.717, 1.165) is 0 Å². The fraction of sp³-hybridized carbons (Fsp3) is 0.438. The van der Waals surface area contributed by atoms with Crippen molar-refractivity contribution in [3.05, 3.63) is 42.2 Å². The molecule has 2 nitrogen and oxygen atoms in total. The number of benzene rings is 1. The smallest absolute Gasteiger partial charge is 0.0455 e. The number of nitrogens with one attached hydrogen (secondary N) is 1. The summed E-state index contributed by atoms with van der Waals surface area (Å²) in [6.07, 6.45) is 3.87. The molecule has 1 N–H and O–H groups in total. The zero-order valence-electron chi connectivity index (χ0n) is 11.9. The third kappa shape index (κ3) is 2.69. The van der Waals surface area contributed by atoms with Crippen LogP contribution in [-0.2, 0) is 0 Å². The Morgan fingerprint density at radius 3 is 2.90 bits per heavy atom. The van der Waals surface area contributed by atoms with Gasteiger partial charge in [-0.15, -0.1) is 0 Å². The fourth-order valence-corrected chi connectivity index (χ4v) is 5.90. The minimum Gasteiger partial charge on any atom is -0.312 e. The summed E-state index contributed by atoms with van der Waals surface area (Å²) in [6.45, 7) is 2.36. The number of pyridine rings is 1. The van der Waals surface area contributed by atoms with E-state index in [1.165, 1.54) is 27.8 Å². The van der Waals surface area contributed by atoms with E-state index >= 15 is 0 Å². The molecule has 0 bridgehead atoms. The summed E-state index contributed by atoms with van der Waals surface area (Å²) in [4.78, 5) is 4.31. The summed E-state index contributed by atoms with van der Waals surface area (Å²) in [5.74, 6) is 2.52. The number of nitrogens with zero attached hydrogens (tertiary/aromatic N) is 1. The van der Waals surface area contributed by atoms with Gasteiger partial charge in [-0.2, -0.15) is 23.5 Å². The molecule has 3 unspecified atom stereocenters. The molecule has 0 radical (unpaired) electrons. The lowest BCUT2D eigenvalue weighted by Gasteiger charge is -2.35. The van der Waals surface area contributed by atoms with Crippen molar-refractivity contribution in [2.24, 2.45) is 0 Å². The van der Waals surface area contributed by atoms with Crippen LogP contribution in [0.5, 0.6) is 0 Å². The Kier molecular flexibility index (Phi) is 4.54. The predicted octanol–water partition coefficient (Wildman–Crippen LogP) is 3.73. The molecule has 20 heavy (non-hydrogen) atoms. The molecular weight excluding hydrogens is 284 g/mol. The first-order valence-corrected chi connectivity index (χ1v) is 9.14. The minimum absolute atomic E-state index is 0.385. The monoisotopic (exact) mass is 304 g/mol. The average Bonchev–Trinajstić information content (AvgIpc) is 2.50. The van der Waals surface area contributed by atoms with Crippen molar-refractivity contribution in [3.8, 4) is 0 Å². The third-order valence-corrected chi connectivity index (χ3v) is 7.12. The highest BCUT2D eigenvalue weighted by atomic mass is 32.2. The maximum atomic E-state index is 4.31. The molecular formula is C16H20N2S2. The average molecular weight is 304 g/mol. The van der Waals surface area contributed by atoms with E-state index in [4.69, 9.17) is 0 Å². The SMILES string of the molecule is CNC(c1cccc2ccncc12)C1SCCSC1C. The van der Waals surface area contributed by atoms with Gasteiger partial charge in [0.2, 0.25) is 0 Å². The summed E-state index contributed by atoms with van der Waals surface area (Å²) < 4.78 is 0. The van der Waals surface area contributed by atoms with E-state index in [1.54, 1.807) is 0 Å². The Morgan fingerprint density at radius 2 is 2.10 bits per heavy atom. The first-order valence-electron chi connectivity index (χ1n) is 7.04. The third-order valence-electron chi connectivity index (χ3n) is 3.93. The maximum absolute atomic E-state index is 4.31. The minimum atomic E-state index is 0.385. The number of thioether (sulfide) groups is 2. The Labute approximate surface area is 129 Å². The van der Waals surface area contributed by atoms with Gasteiger partial charge in [-0.1, -0.05) is 25.1 Å². The van der Waals surface area contributed by atoms with Crippen LogP contribution in [0.1, 0.15) is 18.5 Å². The zero-order valence-corrected chi connectivity index (χ0v) is 13.5. The van der Waals surface area contributed by atoms with Crippen LogP contribution in [0.3, 0.4) is 0 Å². The van der Waals surface area contributed by atoms with Crippen molar-refractivity contribution in [2.75, 3.05) is 18.6 Å². The molecule has 1 saturated heterocycles. The number of rotatable bonds is 3. The van der Waals surface area contributed by atoms with Crippen LogP contribution >= 0.6 is 23.5 Å². The number of hydrogen-bond acceptors (Lipinski definition) is 4. The van der Waals surface area contributed by atoms with Crippen molar-refractivity contribution in [2.45, 2.75) is 23.5 Å². The van der Waals surface area contributed by atoms with Crippen LogP contribution < -0.4 is 5.32 Å². The molecule has 1 fully saturated rings. The van der Waals surface area contributed by atoms with E-state index in [1.807, 2.05) is 12.4 Å². The van der Waals surface area contributed by atoms with E-state index < -0.39 is 0 Å². The normalized spacial score (nSPS) is 24.7. The lowest BCUT2D eigenvalue weighted by atomic mass is 9.96. The number of hydrogen-bond donors (Lipinski definition) is 1. The molecule has 0 amide bonds. The molecule has 106 valence electrons. The summed E-state index contributed by atoms with van der Waals surface area (Å²) in [5.41, 5.74) is 1.38. The van der Waals surface area contributed by atoms with Crippen LogP contribution in [0.15, 0.2) is 36.7 Å². The second kappa shape index (κ2) is 6.37. The van der Waals surface area contributed by atoms with Crippen molar-refractivity contribution < 1.29 is 0 Å². The van der Waals surface area contributed by atoms with E-state index in [9.17, 15) is 0 Å². The second-order valence-electron chi connectivity index (χ2n) is 5.12. The van der Waals surface area contributed by atoms with Crippen LogP contribution in [0, 0.1) is 0 Å². The van der Waals surface area contributed by atoms with E-state index in [2.05, 4.69) is 72.1 Å². The molecule has 2 heterocycles.